The highest BCUT2D eigenvalue weighted by Crippen LogP contribution is 2.45. The molecule has 1 N–H and O–H groups in total. The van der Waals surface area contributed by atoms with E-state index in [1.165, 1.54) is 29.8 Å². The van der Waals surface area contributed by atoms with Crippen LogP contribution in [0.2, 0.25) is 0 Å². The van der Waals surface area contributed by atoms with Crippen LogP contribution in [0.5, 0.6) is 5.75 Å². The largest absolute Gasteiger partial charge is 0.496 e. The van der Waals surface area contributed by atoms with Crippen molar-refractivity contribution in [3.63, 3.8) is 0 Å². The molecule has 44 heavy (non-hydrogen) atoms. The molecule has 2 atom stereocenters. The van der Waals surface area contributed by atoms with Gasteiger partial charge in [-0.1, -0.05) is 0 Å². The van der Waals surface area contributed by atoms with Gasteiger partial charge >= 0.3 is 6.18 Å². The molecular formula is C30H29F5N6O3. The number of rotatable bonds is 6. The number of hydrogen-bond acceptors (Lipinski definition) is 6. The number of fused-ring (bicyclic) bond motifs is 3. The molecule has 0 radical (unpaired) electrons. The topological polar surface area (TPSA) is 98.3 Å². The molecule has 0 bridgehead atoms. The van der Waals surface area contributed by atoms with E-state index < -0.39 is 41.8 Å². The molecule has 1 fully saturated rings. The highest BCUT2D eigenvalue weighted by molar-refractivity contribution is 5.99. The van der Waals surface area contributed by atoms with E-state index in [1.54, 1.807) is 17.7 Å². The van der Waals surface area contributed by atoms with Crippen molar-refractivity contribution in [2.75, 3.05) is 13.7 Å². The molecule has 0 unspecified atom stereocenters. The number of carbonyl (C=O) groups excluding carboxylic acids is 1. The SMILES string of the molecule is COc1cc2c(cc1-c1nnn(C)n1)-c1c(-c3cc(F)cc(F)c3)cc(C(=O)N3CCC[C@@]3(C)[C@@H](O)CC(F)(F)F)n1CC2. The van der Waals surface area contributed by atoms with Crippen LogP contribution in [0.1, 0.15) is 42.2 Å². The lowest BCUT2D eigenvalue weighted by atomic mass is 9.89. The molecule has 2 aliphatic heterocycles. The number of carbonyl (C=O) groups is 1. The van der Waals surface area contributed by atoms with Crippen molar-refractivity contribution >= 4 is 5.91 Å². The van der Waals surface area contributed by atoms with Crippen molar-refractivity contribution in [3.05, 3.63) is 59.3 Å². The Balaban J connectivity index is 1.53. The van der Waals surface area contributed by atoms with Crippen LogP contribution in [0, 0.1) is 11.6 Å². The van der Waals surface area contributed by atoms with Crippen molar-refractivity contribution in [2.45, 2.75) is 57.0 Å². The predicted octanol–water partition coefficient (Wildman–Crippen LogP) is 5.16. The number of amides is 1. The maximum atomic E-state index is 14.5. The quantitative estimate of drug-likeness (QED) is 0.301. The molecule has 0 aliphatic carbocycles. The van der Waals surface area contributed by atoms with Gasteiger partial charge in [0.15, 0.2) is 0 Å². The number of benzene rings is 2. The number of aromatic nitrogens is 5. The molecule has 2 aliphatic rings. The molecule has 2 aromatic heterocycles. The fourth-order valence-electron chi connectivity index (χ4n) is 6.44. The van der Waals surface area contributed by atoms with Gasteiger partial charge in [0.1, 0.15) is 23.1 Å². The first-order valence-electron chi connectivity index (χ1n) is 14.0. The van der Waals surface area contributed by atoms with E-state index in [0.717, 1.165) is 23.8 Å². The molecule has 232 valence electrons. The Kier molecular flexibility index (Phi) is 7.22. The number of aliphatic hydroxyl groups excluding tert-OH is 1. The van der Waals surface area contributed by atoms with Crippen molar-refractivity contribution in [1.82, 2.24) is 29.7 Å². The molecule has 4 aromatic rings. The third-order valence-electron chi connectivity index (χ3n) is 8.59. The highest BCUT2D eigenvalue weighted by atomic mass is 19.4. The average molecular weight is 617 g/mol. The van der Waals surface area contributed by atoms with Crippen LogP contribution in [0.25, 0.3) is 33.8 Å². The summed E-state index contributed by atoms with van der Waals surface area (Å²) in [5.41, 5.74) is 1.66. The number of ether oxygens (including phenoxy) is 1. The van der Waals surface area contributed by atoms with Gasteiger partial charge in [-0.25, -0.2) is 8.78 Å². The van der Waals surface area contributed by atoms with Gasteiger partial charge < -0.3 is 19.3 Å². The number of likely N-dealkylation sites (tertiary alicyclic amines) is 1. The van der Waals surface area contributed by atoms with Gasteiger partial charge in [-0.2, -0.15) is 18.0 Å². The zero-order valence-electron chi connectivity index (χ0n) is 24.1. The second kappa shape index (κ2) is 10.7. The lowest BCUT2D eigenvalue weighted by Gasteiger charge is -2.39. The summed E-state index contributed by atoms with van der Waals surface area (Å²) >= 11 is 0. The van der Waals surface area contributed by atoms with E-state index in [2.05, 4.69) is 15.4 Å². The van der Waals surface area contributed by atoms with E-state index in [1.807, 2.05) is 6.07 Å². The Morgan fingerprint density at radius 2 is 1.80 bits per heavy atom. The second-order valence-corrected chi connectivity index (χ2v) is 11.4. The summed E-state index contributed by atoms with van der Waals surface area (Å²) in [5, 5.41) is 23.0. The molecule has 1 saturated heterocycles. The Hall–Kier alpha value is -4.33. The maximum absolute atomic E-state index is 14.5. The number of aryl methyl sites for hydroxylation is 2. The summed E-state index contributed by atoms with van der Waals surface area (Å²) < 4.78 is 76.1. The Morgan fingerprint density at radius 3 is 2.43 bits per heavy atom. The molecule has 0 saturated carbocycles. The summed E-state index contributed by atoms with van der Waals surface area (Å²) in [7, 11) is 3.11. The molecule has 1 amide bonds. The third kappa shape index (κ3) is 5.10. The van der Waals surface area contributed by atoms with Gasteiger partial charge in [0.2, 0.25) is 5.82 Å². The van der Waals surface area contributed by atoms with Gasteiger partial charge in [-0.15, -0.1) is 10.2 Å². The molecule has 4 heterocycles. The van der Waals surface area contributed by atoms with Gasteiger partial charge in [-0.3, -0.25) is 4.79 Å². The van der Waals surface area contributed by atoms with Crippen LogP contribution in [0.4, 0.5) is 22.0 Å². The smallest absolute Gasteiger partial charge is 0.391 e. The first-order chi connectivity index (χ1) is 20.8. The van der Waals surface area contributed by atoms with Crippen LogP contribution >= 0.6 is 0 Å². The van der Waals surface area contributed by atoms with Crippen LogP contribution in [0.3, 0.4) is 0 Å². The van der Waals surface area contributed by atoms with E-state index in [4.69, 9.17) is 4.74 Å². The number of hydrogen-bond donors (Lipinski definition) is 1. The number of methoxy groups -OCH3 is 1. The summed E-state index contributed by atoms with van der Waals surface area (Å²) in [6.45, 7) is 1.90. The van der Waals surface area contributed by atoms with Gasteiger partial charge in [0.05, 0.1) is 43.5 Å². The van der Waals surface area contributed by atoms with Crippen LogP contribution in [-0.2, 0) is 20.0 Å². The number of tetrazole rings is 1. The van der Waals surface area contributed by atoms with E-state index in [9.17, 15) is 31.9 Å². The minimum Gasteiger partial charge on any atom is -0.496 e. The zero-order chi connectivity index (χ0) is 31.6. The third-order valence-corrected chi connectivity index (χ3v) is 8.59. The summed E-state index contributed by atoms with van der Waals surface area (Å²) in [6, 6.07) is 8.16. The summed E-state index contributed by atoms with van der Waals surface area (Å²) in [5.74, 6) is -1.45. The lowest BCUT2D eigenvalue weighted by Crippen LogP contribution is -2.54. The van der Waals surface area contributed by atoms with Crippen molar-refractivity contribution in [1.29, 1.82) is 0 Å². The second-order valence-electron chi connectivity index (χ2n) is 11.4. The Labute approximate surface area is 248 Å². The first kappa shape index (κ1) is 29.7. The normalized spacial score (nSPS) is 18.7. The minimum absolute atomic E-state index is 0.132. The number of halogens is 5. The summed E-state index contributed by atoms with van der Waals surface area (Å²) in [6.07, 6.45) is -6.87. The van der Waals surface area contributed by atoms with Crippen molar-refractivity contribution in [2.24, 2.45) is 7.05 Å². The van der Waals surface area contributed by atoms with Gasteiger partial charge in [-0.05, 0) is 72.9 Å². The van der Waals surface area contributed by atoms with E-state index >= 15 is 0 Å². The first-order valence-corrected chi connectivity index (χ1v) is 14.0. The lowest BCUT2D eigenvalue weighted by molar-refractivity contribution is -0.166. The van der Waals surface area contributed by atoms with E-state index in [-0.39, 0.29) is 30.0 Å². The molecular weight excluding hydrogens is 587 g/mol. The Bertz CT molecular complexity index is 1750. The van der Waals surface area contributed by atoms with Gasteiger partial charge in [0.25, 0.3) is 5.91 Å². The average Bonchev–Trinajstić information content (AvgIpc) is 3.67. The fraction of sp³-hybridized carbons (Fsp3) is 0.400. The summed E-state index contributed by atoms with van der Waals surface area (Å²) in [4.78, 5) is 16.8. The molecule has 9 nitrogen and oxygen atoms in total. The highest BCUT2D eigenvalue weighted by Gasteiger charge is 2.49. The number of alkyl halides is 3. The van der Waals surface area contributed by atoms with Gasteiger partial charge in [0, 0.05) is 30.3 Å². The van der Waals surface area contributed by atoms with Crippen molar-refractivity contribution < 1.29 is 36.6 Å². The Morgan fingerprint density at radius 1 is 1.07 bits per heavy atom. The standard InChI is InChI=1S/C30H29F5N6O3/c1-29(25(42)15-30(33,34)35)6-4-7-41(29)28(43)23-14-21(17-9-18(31)12-19(32)10-17)26-20-13-22(27-36-38-39(2)37-27)24(44-3)11-16(20)5-8-40(23)26/h9-14,25,42H,4-8,15H2,1-3H3/t25-,29-/m0/s1. The molecule has 6 rings (SSSR count). The van der Waals surface area contributed by atoms with Crippen molar-refractivity contribution in [3.8, 4) is 39.5 Å². The zero-order valence-corrected chi connectivity index (χ0v) is 24.1. The number of aliphatic hydroxyl groups is 1. The fourth-order valence-corrected chi connectivity index (χ4v) is 6.44. The van der Waals surface area contributed by atoms with E-state index in [0.29, 0.717) is 47.5 Å². The minimum atomic E-state index is -4.62. The maximum Gasteiger partial charge on any atom is 0.391 e. The molecule has 14 heteroatoms. The van der Waals surface area contributed by atoms with Crippen LogP contribution in [-0.4, -0.2) is 72.2 Å². The van der Waals surface area contributed by atoms with Crippen LogP contribution < -0.4 is 4.74 Å². The monoisotopic (exact) mass is 616 g/mol. The van der Waals surface area contributed by atoms with Crippen LogP contribution in [0.15, 0.2) is 36.4 Å². The molecule has 0 spiro atoms. The molecule has 2 aromatic carbocycles. The predicted molar refractivity (Wildman–Crippen MR) is 149 cm³/mol. The number of nitrogens with zero attached hydrogens (tertiary/aromatic N) is 6.